The highest BCUT2D eigenvalue weighted by molar-refractivity contribution is 7.92. The molecule has 2 aliphatic heterocycles. The molecule has 2 aliphatic rings. The van der Waals surface area contributed by atoms with E-state index in [0.29, 0.717) is 19.9 Å². The van der Waals surface area contributed by atoms with E-state index in [1.54, 1.807) is 20.8 Å². The number of halogens is 4. The van der Waals surface area contributed by atoms with Gasteiger partial charge in [0.15, 0.2) is 5.60 Å². The number of amides is 2. The summed E-state index contributed by atoms with van der Waals surface area (Å²) in [6, 6.07) is 6.18. The van der Waals surface area contributed by atoms with Gasteiger partial charge in [0.1, 0.15) is 11.4 Å². The molecule has 2 heterocycles. The van der Waals surface area contributed by atoms with Gasteiger partial charge < -0.3 is 20.1 Å². The Balaban J connectivity index is 1.61. The Kier molecular flexibility index (Phi) is 8.77. The third-order valence-corrected chi connectivity index (χ3v) is 9.43. The maximum absolute atomic E-state index is 13.9. The Labute approximate surface area is 247 Å². The largest absolute Gasteiger partial charge is 0.444 e. The maximum Gasteiger partial charge on any atom is 0.421 e. The molecule has 0 aromatic heterocycles. The van der Waals surface area contributed by atoms with Crippen LogP contribution in [-0.2, 0) is 31.6 Å². The quantitative estimate of drug-likeness (QED) is 0.451. The van der Waals surface area contributed by atoms with Gasteiger partial charge >= 0.3 is 12.3 Å². The van der Waals surface area contributed by atoms with Gasteiger partial charge in [-0.25, -0.2) is 17.6 Å². The Morgan fingerprint density at radius 3 is 2.30 bits per heavy atom. The lowest BCUT2D eigenvalue weighted by atomic mass is 9.89. The van der Waals surface area contributed by atoms with Gasteiger partial charge in [-0.2, -0.15) is 13.2 Å². The minimum absolute atomic E-state index is 0.0704. The molecule has 43 heavy (non-hydrogen) atoms. The molecule has 2 N–H and O–H groups in total. The van der Waals surface area contributed by atoms with Crippen LogP contribution >= 0.6 is 0 Å². The van der Waals surface area contributed by atoms with Crippen LogP contribution in [0.5, 0.6) is 0 Å². The van der Waals surface area contributed by atoms with Gasteiger partial charge in [0.25, 0.3) is 10.0 Å². The highest BCUT2D eigenvalue weighted by atomic mass is 32.2. The predicted molar refractivity (Wildman–Crippen MR) is 149 cm³/mol. The highest BCUT2D eigenvalue weighted by Crippen LogP contribution is 2.43. The average molecular weight is 630 g/mol. The molecule has 0 bridgehead atoms. The third kappa shape index (κ3) is 7.06. The number of hydrogen-bond donors (Lipinski definition) is 2. The summed E-state index contributed by atoms with van der Waals surface area (Å²) >= 11 is 0. The SMILES string of the molecule is CC(C)(C)OC(=O)N[C@H]1CCN(C(=O)C[C@@H]2CCc3cc(C(C)(O)C(F)(F)F)ccc3N2S(=O)(=O)c2ccc(F)cc2)C1. The fourth-order valence-corrected chi connectivity index (χ4v) is 6.96. The van der Waals surface area contributed by atoms with E-state index in [1.807, 2.05) is 0 Å². The number of aryl methyl sites for hydroxylation is 1. The number of anilines is 1. The predicted octanol–water partition coefficient (Wildman–Crippen LogP) is 4.62. The Morgan fingerprint density at radius 2 is 1.70 bits per heavy atom. The van der Waals surface area contributed by atoms with Crippen molar-refractivity contribution >= 4 is 27.7 Å². The van der Waals surface area contributed by atoms with E-state index < -0.39 is 50.9 Å². The summed E-state index contributed by atoms with van der Waals surface area (Å²) in [5.74, 6) is -1.02. The van der Waals surface area contributed by atoms with E-state index in [2.05, 4.69) is 5.32 Å². The van der Waals surface area contributed by atoms with Gasteiger partial charge in [-0.3, -0.25) is 9.10 Å². The molecule has 0 radical (unpaired) electrons. The van der Waals surface area contributed by atoms with E-state index in [0.717, 1.165) is 40.7 Å². The molecule has 3 atom stereocenters. The summed E-state index contributed by atoms with van der Waals surface area (Å²) in [6.45, 7) is 6.32. The van der Waals surface area contributed by atoms with E-state index in [1.165, 1.54) is 11.0 Å². The summed E-state index contributed by atoms with van der Waals surface area (Å²) in [4.78, 5) is 26.8. The number of nitrogens with zero attached hydrogens (tertiary/aromatic N) is 2. The number of carbonyl (C=O) groups is 2. The number of aliphatic hydroxyl groups is 1. The fourth-order valence-electron chi connectivity index (χ4n) is 5.24. The number of ether oxygens (including phenoxy) is 1. The Morgan fingerprint density at radius 1 is 1.05 bits per heavy atom. The van der Waals surface area contributed by atoms with Gasteiger partial charge in [-0.05, 0) is 88.4 Å². The molecule has 2 aromatic carbocycles. The molecule has 9 nitrogen and oxygen atoms in total. The molecule has 236 valence electrons. The number of likely N-dealkylation sites (tertiary alicyclic amines) is 1. The summed E-state index contributed by atoms with van der Waals surface area (Å²) in [6.07, 6.45) is -5.11. The number of benzene rings is 2. The van der Waals surface area contributed by atoms with Crippen LogP contribution in [-0.4, -0.2) is 67.4 Å². The third-order valence-electron chi connectivity index (χ3n) is 7.55. The second-order valence-electron chi connectivity index (χ2n) is 12.0. The van der Waals surface area contributed by atoms with Gasteiger partial charge in [0.05, 0.1) is 22.7 Å². The molecule has 1 fully saturated rings. The molecule has 14 heteroatoms. The van der Waals surface area contributed by atoms with Crippen LogP contribution in [0.25, 0.3) is 0 Å². The van der Waals surface area contributed by atoms with Crippen molar-refractivity contribution in [2.75, 3.05) is 17.4 Å². The first-order valence-corrected chi connectivity index (χ1v) is 15.2. The summed E-state index contributed by atoms with van der Waals surface area (Å²) in [5.41, 5.74) is -4.00. The van der Waals surface area contributed by atoms with E-state index in [9.17, 15) is 40.7 Å². The zero-order chi connectivity index (χ0) is 32.0. The Hall–Kier alpha value is -3.39. The second kappa shape index (κ2) is 11.6. The van der Waals surface area contributed by atoms with Crippen molar-refractivity contribution in [3.63, 3.8) is 0 Å². The molecular formula is C29H35F4N3O6S. The van der Waals surface area contributed by atoms with Crippen LogP contribution in [0.3, 0.4) is 0 Å². The Bertz CT molecular complexity index is 1470. The first-order valence-electron chi connectivity index (χ1n) is 13.8. The van der Waals surface area contributed by atoms with Crippen molar-refractivity contribution in [3.8, 4) is 0 Å². The van der Waals surface area contributed by atoms with Gasteiger partial charge in [0, 0.05) is 19.5 Å². The standard InChI is InChI=1S/C29H35F4N3O6S/c1-27(2,3)42-26(38)34-21-13-14-35(17-21)25(37)16-22-9-5-18-15-19(28(4,39)29(31,32)33)6-12-24(18)36(22)43(40,41)23-10-7-20(30)8-11-23/h6-8,10-12,15,21-22,39H,5,9,13-14,16-17H2,1-4H3,(H,34,38)/t21-,22-,28?/m0/s1. The lowest BCUT2D eigenvalue weighted by molar-refractivity contribution is -0.258. The van der Waals surface area contributed by atoms with Crippen molar-refractivity contribution in [2.24, 2.45) is 0 Å². The van der Waals surface area contributed by atoms with Crippen LogP contribution in [0.4, 0.5) is 28.0 Å². The van der Waals surface area contributed by atoms with Crippen molar-refractivity contribution in [2.45, 2.75) is 87.7 Å². The summed E-state index contributed by atoms with van der Waals surface area (Å²) in [5, 5.41) is 12.9. The van der Waals surface area contributed by atoms with Gasteiger partial charge in [0.2, 0.25) is 5.91 Å². The van der Waals surface area contributed by atoms with Crippen LogP contribution in [0.1, 0.15) is 58.1 Å². The summed E-state index contributed by atoms with van der Waals surface area (Å²) in [7, 11) is -4.39. The van der Waals surface area contributed by atoms with Crippen molar-refractivity contribution in [3.05, 3.63) is 59.4 Å². The number of fused-ring (bicyclic) bond motifs is 1. The van der Waals surface area contributed by atoms with E-state index in [4.69, 9.17) is 4.74 Å². The average Bonchev–Trinajstić information content (AvgIpc) is 3.35. The lowest BCUT2D eigenvalue weighted by Gasteiger charge is -2.39. The van der Waals surface area contributed by atoms with Gasteiger partial charge in [-0.15, -0.1) is 0 Å². The van der Waals surface area contributed by atoms with Gasteiger partial charge in [-0.1, -0.05) is 12.1 Å². The van der Waals surface area contributed by atoms with Crippen LogP contribution in [0, 0.1) is 5.82 Å². The normalized spacial score (nSPS) is 20.8. The molecule has 2 amide bonds. The molecule has 0 aliphatic carbocycles. The number of rotatable bonds is 6. The van der Waals surface area contributed by atoms with Crippen molar-refractivity contribution in [1.82, 2.24) is 10.2 Å². The molecule has 4 rings (SSSR count). The number of alkyl carbamates (subject to hydrolysis) is 1. The van der Waals surface area contributed by atoms with Crippen molar-refractivity contribution < 1.29 is 45.4 Å². The lowest BCUT2D eigenvalue weighted by Crippen LogP contribution is -2.47. The second-order valence-corrected chi connectivity index (χ2v) is 13.9. The minimum Gasteiger partial charge on any atom is -0.444 e. The zero-order valence-electron chi connectivity index (χ0n) is 24.2. The minimum atomic E-state index is -4.98. The number of hydrogen-bond acceptors (Lipinski definition) is 6. The van der Waals surface area contributed by atoms with Crippen LogP contribution < -0.4 is 9.62 Å². The van der Waals surface area contributed by atoms with Crippen LogP contribution in [0.2, 0.25) is 0 Å². The smallest absolute Gasteiger partial charge is 0.421 e. The molecule has 0 saturated carbocycles. The summed E-state index contributed by atoms with van der Waals surface area (Å²) < 4.78 is 88.3. The molecular weight excluding hydrogens is 594 g/mol. The zero-order valence-corrected chi connectivity index (χ0v) is 25.1. The molecule has 2 aromatic rings. The van der Waals surface area contributed by atoms with E-state index >= 15 is 0 Å². The highest BCUT2D eigenvalue weighted by Gasteiger charge is 2.51. The van der Waals surface area contributed by atoms with Crippen LogP contribution in [0.15, 0.2) is 47.4 Å². The monoisotopic (exact) mass is 629 g/mol. The number of carbonyl (C=O) groups excluding carboxylic acids is 2. The van der Waals surface area contributed by atoms with Crippen molar-refractivity contribution in [1.29, 1.82) is 0 Å². The fraction of sp³-hybridized carbons (Fsp3) is 0.517. The number of nitrogens with one attached hydrogen (secondary N) is 1. The first-order chi connectivity index (χ1) is 19.8. The topological polar surface area (TPSA) is 116 Å². The number of sulfonamides is 1. The molecule has 1 unspecified atom stereocenters. The molecule has 1 saturated heterocycles. The number of alkyl halides is 3. The maximum atomic E-state index is 13.9. The van der Waals surface area contributed by atoms with E-state index in [-0.39, 0.29) is 53.9 Å². The molecule has 0 spiro atoms. The first kappa shape index (κ1) is 32.5.